The first kappa shape index (κ1) is 18.1. The minimum Gasteiger partial charge on any atom is -0.497 e. The van der Waals surface area contributed by atoms with Crippen LogP contribution in [0.4, 0.5) is 0 Å². The monoisotopic (exact) mass is 353 g/mol. The van der Waals surface area contributed by atoms with Crippen molar-refractivity contribution in [2.24, 2.45) is 0 Å². The molecule has 0 aliphatic carbocycles. The van der Waals surface area contributed by atoms with E-state index in [-0.39, 0.29) is 18.1 Å². The molecule has 136 valence electrons. The second-order valence-corrected chi connectivity index (χ2v) is 6.40. The maximum atomic E-state index is 12.8. The number of benzene rings is 2. The lowest BCUT2D eigenvalue weighted by molar-refractivity contribution is -0.108. The molecular formula is C21H23NO4. The second-order valence-electron chi connectivity index (χ2n) is 6.40. The predicted molar refractivity (Wildman–Crippen MR) is 98.1 cm³/mol. The van der Waals surface area contributed by atoms with Crippen LogP contribution >= 0.6 is 0 Å². The molecule has 0 unspecified atom stereocenters. The Morgan fingerprint density at radius 1 is 1.15 bits per heavy atom. The van der Waals surface area contributed by atoms with Gasteiger partial charge in [0.05, 0.1) is 19.8 Å². The van der Waals surface area contributed by atoms with E-state index in [2.05, 4.69) is 0 Å². The van der Waals surface area contributed by atoms with E-state index in [0.29, 0.717) is 31.6 Å². The molecule has 26 heavy (non-hydrogen) atoms. The fraction of sp³-hybridized carbons (Fsp3) is 0.333. The molecule has 0 N–H and O–H groups in total. The smallest absolute Gasteiger partial charge is 0.254 e. The number of methoxy groups -OCH3 is 1. The van der Waals surface area contributed by atoms with Crippen molar-refractivity contribution in [1.82, 2.24) is 4.90 Å². The van der Waals surface area contributed by atoms with Crippen LogP contribution < -0.4 is 4.74 Å². The molecular weight excluding hydrogens is 330 g/mol. The van der Waals surface area contributed by atoms with Crippen molar-refractivity contribution in [3.63, 3.8) is 0 Å². The third-order valence-corrected chi connectivity index (χ3v) is 4.67. The van der Waals surface area contributed by atoms with E-state index in [4.69, 9.17) is 9.47 Å². The van der Waals surface area contributed by atoms with E-state index in [0.717, 1.165) is 17.6 Å². The van der Waals surface area contributed by atoms with E-state index in [1.165, 1.54) is 0 Å². The minimum absolute atomic E-state index is 0.0482. The van der Waals surface area contributed by atoms with Gasteiger partial charge in [0.15, 0.2) is 0 Å². The molecule has 0 spiro atoms. The van der Waals surface area contributed by atoms with Crippen molar-refractivity contribution in [3.8, 4) is 5.75 Å². The molecule has 1 heterocycles. The van der Waals surface area contributed by atoms with Gasteiger partial charge < -0.3 is 19.2 Å². The number of hydrogen-bond donors (Lipinski definition) is 0. The first-order chi connectivity index (χ1) is 12.7. The lowest BCUT2D eigenvalue weighted by Crippen LogP contribution is -2.36. The number of hydrogen-bond acceptors (Lipinski definition) is 4. The average Bonchev–Trinajstić information content (AvgIpc) is 3.10. The largest absolute Gasteiger partial charge is 0.497 e. The van der Waals surface area contributed by atoms with Gasteiger partial charge in [0, 0.05) is 24.6 Å². The molecule has 1 fully saturated rings. The molecule has 0 bridgehead atoms. The van der Waals surface area contributed by atoms with Gasteiger partial charge in [-0.25, -0.2) is 0 Å². The summed E-state index contributed by atoms with van der Waals surface area (Å²) in [6.07, 6.45) is 1.81. The van der Waals surface area contributed by atoms with E-state index >= 15 is 0 Å². The summed E-state index contributed by atoms with van der Waals surface area (Å²) in [4.78, 5) is 25.6. The van der Waals surface area contributed by atoms with Crippen LogP contribution in [-0.4, -0.2) is 42.9 Å². The molecule has 1 aliphatic rings. The summed E-state index contributed by atoms with van der Waals surface area (Å²) in [5, 5.41) is 0. The van der Waals surface area contributed by atoms with Gasteiger partial charge in [-0.2, -0.15) is 0 Å². The molecule has 1 saturated heterocycles. The van der Waals surface area contributed by atoms with Crippen LogP contribution in [0.5, 0.6) is 5.75 Å². The Morgan fingerprint density at radius 2 is 1.88 bits per heavy atom. The maximum absolute atomic E-state index is 12.8. The summed E-state index contributed by atoms with van der Waals surface area (Å²) >= 11 is 0. The molecule has 2 atom stereocenters. The number of likely N-dealkylation sites (tertiary alicyclic amines) is 1. The standard InChI is InChI=1S/C21H23NO4/c1-25-19-9-7-16(8-10-19)15-26-20-13-18(11-12-23)22(14-20)21(24)17-5-3-2-4-6-17/h2-10,12,18,20H,11,13-15H2,1H3/t18-,20-/m1/s1. The summed E-state index contributed by atoms with van der Waals surface area (Å²) in [7, 11) is 1.63. The number of carbonyl (C=O) groups is 2. The Hall–Kier alpha value is -2.66. The minimum atomic E-state index is -0.110. The lowest BCUT2D eigenvalue weighted by atomic mass is 10.1. The van der Waals surface area contributed by atoms with Crippen molar-refractivity contribution in [2.45, 2.75) is 31.6 Å². The zero-order chi connectivity index (χ0) is 18.4. The number of nitrogens with zero attached hydrogens (tertiary/aromatic N) is 1. The van der Waals surface area contributed by atoms with Gasteiger partial charge >= 0.3 is 0 Å². The first-order valence-electron chi connectivity index (χ1n) is 8.75. The third kappa shape index (κ3) is 4.29. The normalized spacial score (nSPS) is 19.3. The van der Waals surface area contributed by atoms with Crippen LogP contribution in [0.15, 0.2) is 54.6 Å². The molecule has 1 aliphatic heterocycles. The number of carbonyl (C=O) groups excluding carboxylic acids is 2. The van der Waals surface area contributed by atoms with Crippen LogP contribution in [-0.2, 0) is 16.1 Å². The Labute approximate surface area is 153 Å². The van der Waals surface area contributed by atoms with Crippen molar-refractivity contribution in [1.29, 1.82) is 0 Å². The summed E-state index contributed by atoms with van der Waals surface area (Å²) in [6.45, 7) is 0.970. The van der Waals surface area contributed by atoms with E-state index in [9.17, 15) is 9.59 Å². The Morgan fingerprint density at radius 3 is 2.54 bits per heavy atom. The number of rotatable bonds is 7. The summed E-state index contributed by atoms with van der Waals surface area (Å²) in [6, 6.07) is 16.8. The highest BCUT2D eigenvalue weighted by Crippen LogP contribution is 2.25. The van der Waals surface area contributed by atoms with Gasteiger partial charge in [-0.1, -0.05) is 30.3 Å². The van der Waals surface area contributed by atoms with Gasteiger partial charge in [-0.05, 0) is 36.2 Å². The molecule has 3 rings (SSSR count). The summed E-state index contributed by atoms with van der Waals surface area (Å²) in [5.74, 6) is 0.758. The van der Waals surface area contributed by atoms with Crippen LogP contribution in [0.3, 0.4) is 0 Å². The predicted octanol–water partition coefficient (Wildman–Crippen LogP) is 3.08. The summed E-state index contributed by atoms with van der Waals surface area (Å²) < 4.78 is 11.2. The van der Waals surface area contributed by atoms with E-state index < -0.39 is 0 Å². The number of aldehydes is 1. The highest BCUT2D eigenvalue weighted by molar-refractivity contribution is 5.94. The zero-order valence-electron chi connectivity index (χ0n) is 14.8. The van der Waals surface area contributed by atoms with Gasteiger partial charge in [-0.3, -0.25) is 4.79 Å². The third-order valence-electron chi connectivity index (χ3n) is 4.67. The molecule has 5 nitrogen and oxygen atoms in total. The van der Waals surface area contributed by atoms with E-state index in [1.54, 1.807) is 24.1 Å². The molecule has 5 heteroatoms. The zero-order valence-corrected chi connectivity index (χ0v) is 14.8. The van der Waals surface area contributed by atoms with Crippen molar-refractivity contribution >= 4 is 12.2 Å². The highest BCUT2D eigenvalue weighted by atomic mass is 16.5. The Bertz CT molecular complexity index is 729. The number of amides is 1. The summed E-state index contributed by atoms with van der Waals surface area (Å²) in [5.41, 5.74) is 1.68. The van der Waals surface area contributed by atoms with Crippen molar-refractivity contribution in [3.05, 3.63) is 65.7 Å². The molecule has 1 amide bonds. The fourth-order valence-corrected chi connectivity index (χ4v) is 3.26. The quantitative estimate of drug-likeness (QED) is 0.718. The first-order valence-corrected chi connectivity index (χ1v) is 8.75. The Balaban J connectivity index is 1.62. The second kappa shape index (κ2) is 8.63. The molecule has 0 saturated carbocycles. The van der Waals surface area contributed by atoms with Crippen LogP contribution in [0.1, 0.15) is 28.8 Å². The Kier molecular flexibility index (Phi) is 6.02. The average molecular weight is 353 g/mol. The highest BCUT2D eigenvalue weighted by Gasteiger charge is 2.35. The molecule has 2 aromatic rings. The van der Waals surface area contributed by atoms with Crippen LogP contribution in [0.2, 0.25) is 0 Å². The topological polar surface area (TPSA) is 55.8 Å². The molecule has 0 radical (unpaired) electrons. The van der Waals surface area contributed by atoms with Gasteiger partial charge in [0.2, 0.25) is 0 Å². The number of ether oxygens (including phenoxy) is 2. The van der Waals surface area contributed by atoms with E-state index in [1.807, 2.05) is 42.5 Å². The van der Waals surface area contributed by atoms with Crippen LogP contribution in [0, 0.1) is 0 Å². The maximum Gasteiger partial charge on any atom is 0.254 e. The lowest BCUT2D eigenvalue weighted by Gasteiger charge is -2.23. The molecule has 0 aromatic heterocycles. The SMILES string of the molecule is COc1ccc(CO[C@@H]2C[C@@H](CC=O)N(C(=O)c3ccccc3)C2)cc1. The van der Waals surface area contributed by atoms with Crippen molar-refractivity contribution < 1.29 is 19.1 Å². The van der Waals surface area contributed by atoms with Gasteiger partial charge in [0.1, 0.15) is 12.0 Å². The van der Waals surface area contributed by atoms with Gasteiger partial charge in [0.25, 0.3) is 5.91 Å². The van der Waals surface area contributed by atoms with Crippen molar-refractivity contribution in [2.75, 3.05) is 13.7 Å². The fourth-order valence-electron chi connectivity index (χ4n) is 3.26. The molecule has 2 aromatic carbocycles. The van der Waals surface area contributed by atoms with Crippen LogP contribution in [0.25, 0.3) is 0 Å². The van der Waals surface area contributed by atoms with Gasteiger partial charge in [-0.15, -0.1) is 0 Å².